The van der Waals surface area contributed by atoms with Gasteiger partial charge in [-0.05, 0) is 69.8 Å². The molecular formula is C80H92BF5N9O13. The van der Waals surface area contributed by atoms with Gasteiger partial charge in [-0.25, -0.2) is 19.0 Å². The molecule has 22 nitrogen and oxygen atoms in total. The summed E-state index contributed by atoms with van der Waals surface area (Å²) >= 11 is 0. The Balaban J connectivity index is 0.000000708. The molecule has 28 heteroatoms. The molecule has 2 fully saturated rings. The molecule has 8 aromatic carbocycles. The number of alkyl halides is 3. The number of carbonyl (C=O) groups excluding carboxylic acids is 5. The van der Waals surface area contributed by atoms with Gasteiger partial charge in [0, 0.05) is 89.3 Å². The van der Waals surface area contributed by atoms with Crippen molar-refractivity contribution >= 4 is 65.6 Å². The molecule has 0 bridgehead atoms. The molecule has 4 N–H and O–H groups in total. The third-order valence-electron chi connectivity index (χ3n) is 15.4. The van der Waals surface area contributed by atoms with Crippen molar-refractivity contribution in [3.8, 4) is 0 Å². The summed E-state index contributed by atoms with van der Waals surface area (Å²) in [6.45, 7) is 4.05. The summed E-state index contributed by atoms with van der Waals surface area (Å²) in [5, 5.41) is 36.2. The van der Waals surface area contributed by atoms with Gasteiger partial charge in [0.1, 0.15) is 11.6 Å². The van der Waals surface area contributed by atoms with Gasteiger partial charge >= 0.3 is 17.9 Å². The second-order valence-electron chi connectivity index (χ2n) is 22.4. The lowest BCUT2D eigenvalue weighted by molar-refractivity contribution is -0.445. The number of amides is 3. The first-order valence-corrected chi connectivity index (χ1v) is 32.6. The van der Waals surface area contributed by atoms with Crippen LogP contribution in [0, 0.1) is 21.7 Å². The highest BCUT2D eigenvalue weighted by Gasteiger charge is 2.27. The minimum atomic E-state index is -0.786. The Kier molecular flexibility index (Phi) is 45.2. The van der Waals surface area contributed by atoms with Crippen LogP contribution in [0.4, 0.5) is 22.0 Å². The minimum Gasteiger partial charge on any atom is -0.481 e. The molecular weight excluding hydrogens is 1400 g/mol. The van der Waals surface area contributed by atoms with Crippen molar-refractivity contribution in [1.82, 2.24) is 40.4 Å². The number of methoxy groups -OCH3 is 2. The largest absolute Gasteiger partial charge is 0.481 e. The van der Waals surface area contributed by atoms with E-state index in [9.17, 15) is 60.3 Å². The minimum absolute atomic E-state index is 0. The van der Waals surface area contributed by atoms with Crippen LogP contribution < -0.4 is 16.4 Å². The van der Waals surface area contributed by atoms with Gasteiger partial charge in [-0.15, -0.1) is 0 Å². The van der Waals surface area contributed by atoms with Crippen molar-refractivity contribution in [2.75, 3.05) is 95.2 Å². The highest BCUT2D eigenvalue weighted by molar-refractivity contribution is 5.96. The maximum absolute atomic E-state index is 14.7. The highest BCUT2D eigenvalue weighted by atomic mass is 19.1. The van der Waals surface area contributed by atoms with E-state index in [0.29, 0.717) is 134 Å². The number of aromatic amines is 2. The number of fused-ring (bicyclic) bond motifs is 2. The predicted molar refractivity (Wildman–Crippen MR) is 410 cm³/mol. The maximum Gasteiger partial charge on any atom is 0.309 e. The molecule has 4 heterocycles. The number of ether oxygens (including phenoxy) is 2. The van der Waals surface area contributed by atoms with Crippen molar-refractivity contribution in [2.45, 2.75) is 53.4 Å². The molecule has 2 aliphatic rings. The number of benzene rings is 8. The zero-order valence-corrected chi connectivity index (χ0v) is 59.5. The zero-order chi connectivity index (χ0) is 77.1. The van der Waals surface area contributed by atoms with Crippen molar-refractivity contribution in [2.24, 2.45) is 0 Å². The van der Waals surface area contributed by atoms with Crippen LogP contribution in [0.1, 0.15) is 80.3 Å². The summed E-state index contributed by atoms with van der Waals surface area (Å²) in [6, 6.07) is 61.1. The molecule has 0 atom stereocenters. The second kappa shape index (κ2) is 52.0. The fourth-order valence-corrected chi connectivity index (χ4v) is 10.4. The number of aliphatic carboxylic acids is 1. The number of carbonyl (C=O) groups is 6. The predicted octanol–water partition coefficient (Wildman–Crippen LogP) is 11.5. The molecule has 0 aliphatic carbocycles. The molecule has 0 spiro atoms. The Hall–Kier alpha value is -12.1. The van der Waals surface area contributed by atoms with E-state index in [1.165, 1.54) is 26.4 Å². The Labute approximate surface area is 626 Å². The van der Waals surface area contributed by atoms with Crippen LogP contribution in [-0.4, -0.2) is 184 Å². The van der Waals surface area contributed by atoms with E-state index < -0.39 is 28.4 Å². The molecule has 2 saturated heterocycles. The zero-order valence-electron chi connectivity index (χ0n) is 59.5. The number of H-pyrrole nitrogens is 2. The molecule has 10 aromatic rings. The van der Waals surface area contributed by atoms with Crippen LogP contribution >= 0.6 is 0 Å². The first kappa shape index (κ1) is 93.9. The number of esters is 2. The number of nitrogens with one attached hydrogen (secondary N) is 3. The Bertz CT molecular complexity index is 4430. The first-order valence-electron chi connectivity index (χ1n) is 32.6. The fourth-order valence-electron chi connectivity index (χ4n) is 10.4. The molecule has 108 heavy (non-hydrogen) atoms. The van der Waals surface area contributed by atoms with Gasteiger partial charge < -0.3 is 34.6 Å². The first-order chi connectivity index (χ1) is 50.8. The van der Waals surface area contributed by atoms with E-state index in [1.807, 2.05) is 133 Å². The fraction of sp³-hybridized carbons (Fsp3) is 0.275. The molecule has 2 aromatic heterocycles. The lowest BCUT2D eigenvalue weighted by Gasteiger charge is -2.35. The number of nitrogens with zero attached hydrogens (tertiary/aromatic N) is 6. The standard InChI is InChI=1S/C28H25FN4O3.C20H19FN4O2.2C9H10O2.C8H8O2.3CH3F.CH3NO2.2CH4.B/c29-24-11-10-20(17-25-21-8-4-5-9-22(21)27(35)31-30-25)16-23(24)28(36)33-14-12-32(13-15-33)26(34)18-19-6-2-1-3-7-19;21-17-6-5-13(11-16(17)20(27)25-9-7-22-8-10-25)12-18-14-3-1-2-4-15(14)19(26)24-23-18;2*1-11-9(10)7-8-5-3-2-4-6-8;9-8(10)6-7-4-2-1-3-5-7;3*1-2;1-2(3)4;;;/h1-11,16H,12-15,17-18H2,(H,31,35);1-6,11,22H,7-10,12H2,(H,24,26);2*2-6H,7H2,1H3;1-5H,6H2,(H,9,10);3*1H3;1H3;2*1H4;/i;;;;;3*2-1;;;;. The van der Waals surface area contributed by atoms with Crippen molar-refractivity contribution in [3.05, 3.63) is 305 Å². The average Bonchev–Trinajstić information content (AvgIpc) is 0.805. The van der Waals surface area contributed by atoms with E-state index in [-0.39, 0.29) is 75.7 Å². The van der Waals surface area contributed by atoms with Gasteiger partial charge in [0.15, 0.2) is 7.05 Å². The molecule has 2 aliphatic heterocycles. The van der Waals surface area contributed by atoms with Crippen LogP contribution in [-0.2, 0) is 67.2 Å². The number of hydrogen-bond donors (Lipinski definition) is 4. The number of halogens is 5. The summed E-state index contributed by atoms with van der Waals surface area (Å²) in [5.74, 6) is -2.98. The number of hydrogen-bond acceptors (Lipinski definition) is 15. The molecule has 0 saturated carbocycles. The lowest BCUT2D eigenvalue weighted by Crippen LogP contribution is -2.51. The number of nitro groups is 1. The topological polar surface area (TPSA) is 297 Å². The van der Waals surface area contributed by atoms with Crippen molar-refractivity contribution < 1.29 is 70.2 Å². The number of carboxylic acids is 1. The average molecular weight is 1490 g/mol. The van der Waals surface area contributed by atoms with E-state index in [0.717, 1.165) is 45.6 Å². The van der Waals surface area contributed by atoms with Gasteiger partial charge in [-0.3, -0.25) is 61.6 Å². The highest BCUT2D eigenvalue weighted by Crippen LogP contribution is 2.23. The Morgan fingerprint density at radius 2 is 0.750 bits per heavy atom. The monoisotopic (exact) mass is 1490 g/mol. The van der Waals surface area contributed by atoms with Gasteiger partial charge in [0.25, 0.3) is 22.9 Å². The maximum atomic E-state index is 14.7. The lowest BCUT2D eigenvalue weighted by atomic mass is 10.0. The summed E-state index contributed by atoms with van der Waals surface area (Å²) in [7, 11) is 5.18. The molecule has 573 valence electrons. The third-order valence-corrected chi connectivity index (χ3v) is 15.4. The van der Waals surface area contributed by atoms with E-state index in [4.69, 9.17) is 15.2 Å². The number of aromatic nitrogens is 4. The Morgan fingerprint density at radius 1 is 0.454 bits per heavy atom. The summed E-state index contributed by atoms with van der Waals surface area (Å²) in [4.78, 5) is 107. The third kappa shape index (κ3) is 31.7. The Morgan fingerprint density at radius 3 is 1.08 bits per heavy atom. The number of piperazine rings is 2. The normalized spacial score (nSPS) is 11.3. The van der Waals surface area contributed by atoms with Crippen LogP contribution in [0.25, 0.3) is 21.5 Å². The van der Waals surface area contributed by atoms with Gasteiger partial charge in [-0.1, -0.05) is 185 Å². The van der Waals surface area contributed by atoms with Crippen molar-refractivity contribution in [1.29, 1.82) is 0 Å². The summed E-state index contributed by atoms with van der Waals surface area (Å²) in [6.07, 6.45) is 1.87. The van der Waals surface area contributed by atoms with E-state index in [1.54, 1.807) is 75.4 Å². The van der Waals surface area contributed by atoms with Gasteiger partial charge in [0.05, 0.1) is 94.7 Å². The number of carboxylic acid groups (broad SMARTS) is 1. The van der Waals surface area contributed by atoms with Crippen LogP contribution in [0.15, 0.2) is 216 Å². The van der Waals surface area contributed by atoms with Gasteiger partial charge in [0.2, 0.25) is 5.91 Å². The van der Waals surface area contributed by atoms with E-state index in [2.05, 4.69) is 35.2 Å². The second-order valence-corrected chi connectivity index (χ2v) is 22.4. The molecule has 3 amide bonds. The van der Waals surface area contributed by atoms with Crippen LogP contribution in [0.2, 0.25) is 0 Å². The summed E-state index contributed by atoms with van der Waals surface area (Å²) in [5.41, 5.74) is 6.10. The van der Waals surface area contributed by atoms with E-state index >= 15 is 0 Å². The van der Waals surface area contributed by atoms with Crippen LogP contribution in [0.3, 0.4) is 0 Å². The molecule has 0 unspecified atom stereocenters. The summed E-state index contributed by atoms with van der Waals surface area (Å²) < 4.78 is 66.5. The van der Waals surface area contributed by atoms with Crippen LogP contribution in [0.5, 0.6) is 0 Å². The van der Waals surface area contributed by atoms with Crippen molar-refractivity contribution in [3.63, 3.8) is 0 Å². The SMILES string of the molecule is C.C.COC(=O)Cc1ccccc1.COC(=O)Cc1ccccc1.C[18F].C[18F].C[18F].C[N+](=O)[O-].O=C(Cc1ccccc1)N1CCN(C(=O)c2cc(Cc3n[nH]c(=O)c4ccccc34)ccc2F)CC1.O=C(O)Cc1ccccc1.O=C(c1cc(Cc2n[nH]c(=O)c3ccccc23)ccc1F)N1CCNCC1.[B]. The smallest absolute Gasteiger partial charge is 0.309 e. The number of rotatable bonds is 14. The molecule has 12 rings (SSSR count). The quantitative estimate of drug-likeness (QED) is 0.0259. The van der Waals surface area contributed by atoms with Gasteiger partial charge in [-0.2, -0.15) is 10.2 Å². The molecule has 3 radical (unpaired) electrons.